The Morgan fingerprint density at radius 3 is 0.903 bits per heavy atom. The van der Waals surface area contributed by atoms with Crippen molar-refractivity contribution >= 4 is 13.7 Å². The third-order valence-electron chi connectivity index (χ3n) is 19.3. The smallest absolute Gasteiger partial charge is 0.268 e. The van der Waals surface area contributed by atoms with E-state index < -0.39 is 20.0 Å². The molecule has 0 radical (unpaired) electrons. The van der Waals surface area contributed by atoms with Gasteiger partial charge >= 0.3 is 0 Å². The zero-order valence-electron chi connectivity index (χ0n) is 63.2. The van der Waals surface area contributed by atoms with E-state index in [4.69, 9.17) is 9.05 Å². The number of aliphatic hydroxyl groups is 1. The molecule has 550 valence electrons. The van der Waals surface area contributed by atoms with Crippen LogP contribution in [0.1, 0.15) is 431 Å². The monoisotopic (exact) mass is 1330 g/mol. The standard InChI is InChI=1S/C84H163N2O6P/c1-6-8-10-12-14-16-18-20-22-24-26-28-30-32-34-36-38-39-40-41-42-43-44-45-46-47-48-50-52-54-56-58-60-62-64-66-68-70-72-74-76-78-84(88)85-82(81-92-93(89,90)91-80-79-86(3,4)5)83(87)77-75-73-71-69-67-65-63-61-59-57-55-53-51-49-37-35-33-31-29-27-25-23-21-19-17-15-13-11-9-7-2/h18,20,24,26,30,32,75,77,82-83,87H,6-17,19,21-23,25,27-29,31,33-74,76,78-81H2,1-5H3,(H-,85,88,89,90)/b20-18-,26-24-,32-30-,77-75+. The van der Waals surface area contributed by atoms with E-state index in [1.165, 1.54) is 360 Å². The number of allylic oxidation sites excluding steroid dienone is 7. The fourth-order valence-corrected chi connectivity index (χ4v) is 13.6. The summed E-state index contributed by atoms with van der Waals surface area (Å²) in [5, 5.41) is 14.0. The lowest BCUT2D eigenvalue weighted by atomic mass is 10.0. The highest BCUT2D eigenvalue weighted by molar-refractivity contribution is 7.45. The number of amides is 1. The van der Waals surface area contributed by atoms with Crippen molar-refractivity contribution in [3.8, 4) is 0 Å². The molecule has 0 aliphatic carbocycles. The van der Waals surface area contributed by atoms with E-state index in [0.717, 1.165) is 51.4 Å². The maximum atomic E-state index is 13.1. The number of aliphatic hydroxyl groups excluding tert-OH is 1. The molecule has 0 aliphatic heterocycles. The fraction of sp³-hybridized carbons (Fsp3) is 0.893. The van der Waals surface area contributed by atoms with Gasteiger partial charge in [0, 0.05) is 6.42 Å². The van der Waals surface area contributed by atoms with E-state index in [9.17, 15) is 19.4 Å². The fourth-order valence-electron chi connectivity index (χ4n) is 12.9. The first-order valence-corrected chi connectivity index (χ1v) is 43.0. The van der Waals surface area contributed by atoms with Gasteiger partial charge in [-0.05, 0) is 57.8 Å². The van der Waals surface area contributed by atoms with Gasteiger partial charge in [-0.1, -0.05) is 416 Å². The van der Waals surface area contributed by atoms with Crippen LogP contribution in [0.15, 0.2) is 48.6 Å². The third kappa shape index (κ3) is 77.7. The van der Waals surface area contributed by atoms with Crippen molar-refractivity contribution in [1.82, 2.24) is 5.32 Å². The number of carbonyl (C=O) groups is 1. The van der Waals surface area contributed by atoms with Crippen molar-refractivity contribution in [2.75, 3.05) is 40.9 Å². The lowest BCUT2D eigenvalue weighted by molar-refractivity contribution is -0.870. The maximum Gasteiger partial charge on any atom is 0.268 e. The molecule has 0 bridgehead atoms. The van der Waals surface area contributed by atoms with Crippen LogP contribution in [0, 0.1) is 0 Å². The van der Waals surface area contributed by atoms with E-state index in [-0.39, 0.29) is 19.1 Å². The van der Waals surface area contributed by atoms with E-state index in [2.05, 4.69) is 55.6 Å². The van der Waals surface area contributed by atoms with E-state index >= 15 is 0 Å². The quantitative estimate of drug-likeness (QED) is 0.0272. The van der Waals surface area contributed by atoms with Crippen molar-refractivity contribution < 1.29 is 32.9 Å². The second-order valence-corrected chi connectivity index (χ2v) is 31.2. The van der Waals surface area contributed by atoms with Gasteiger partial charge in [0.15, 0.2) is 0 Å². The highest BCUT2D eigenvalue weighted by atomic mass is 31.2. The van der Waals surface area contributed by atoms with Gasteiger partial charge in [-0.2, -0.15) is 0 Å². The first-order chi connectivity index (χ1) is 45.5. The van der Waals surface area contributed by atoms with Crippen LogP contribution in [0.5, 0.6) is 0 Å². The van der Waals surface area contributed by atoms with Gasteiger partial charge in [0.2, 0.25) is 5.91 Å². The molecule has 93 heavy (non-hydrogen) atoms. The van der Waals surface area contributed by atoms with Gasteiger partial charge in [-0.15, -0.1) is 0 Å². The largest absolute Gasteiger partial charge is 0.756 e. The molecule has 3 unspecified atom stereocenters. The molecule has 8 nitrogen and oxygen atoms in total. The van der Waals surface area contributed by atoms with Gasteiger partial charge < -0.3 is 28.8 Å². The number of carbonyl (C=O) groups excluding carboxylic acids is 1. The van der Waals surface area contributed by atoms with Crippen molar-refractivity contribution in [3.05, 3.63) is 48.6 Å². The molecule has 3 atom stereocenters. The SMILES string of the molecule is CCCCCCC/C=C\C/C=C\C/C=C\CCCCCCCCCCCCCCCCCCCCCCCCCCCCC(=O)NC(COP(=O)([O-])OCC[N+](C)(C)C)C(O)/C=C/CCCCCCCCCCCCCCCCCCCCCCCCCCCCCC. The zero-order chi connectivity index (χ0) is 67.6. The average Bonchev–Trinajstić information content (AvgIpc) is 2.75. The summed E-state index contributed by atoms with van der Waals surface area (Å²) in [6.07, 6.45) is 103. The van der Waals surface area contributed by atoms with Crippen LogP contribution in [0.2, 0.25) is 0 Å². The summed E-state index contributed by atoms with van der Waals surface area (Å²) in [5.41, 5.74) is 0. The van der Waals surface area contributed by atoms with Crippen LogP contribution in [-0.4, -0.2) is 68.5 Å². The van der Waals surface area contributed by atoms with Crippen molar-refractivity contribution in [2.24, 2.45) is 0 Å². The molecule has 2 N–H and O–H groups in total. The summed E-state index contributed by atoms with van der Waals surface area (Å²) in [5.74, 6) is -0.188. The first-order valence-electron chi connectivity index (χ1n) is 41.5. The Labute approximate surface area is 581 Å². The summed E-state index contributed by atoms with van der Waals surface area (Å²) in [7, 11) is 1.28. The minimum atomic E-state index is -4.61. The zero-order valence-corrected chi connectivity index (χ0v) is 64.1. The summed E-state index contributed by atoms with van der Waals surface area (Å²) in [4.78, 5) is 25.7. The molecule has 9 heteroatoms. The molecule has 0 aromatic rings. The first kappa shape index (κ1) is 91.5. The predicted octanol–water partition coefficient (Wildman–Crippen LogP) is 26.7. The Hall–Kier alpha value is -1.54. The number of nitrogens with one attached hydrogen (secondary N) is 1. The molecule has 0 aromatic carbocycles. The maximum absolute atomic E-state index is 13.1. The molecule has 0 aromatic heterocycles. The lowest BCUT2D eigenvalue weighted by Crippen LogP contribution is -2.45. The van der Waals surface area contributed by atoms with Crippen molar-refractivity contribution in [3.63, 3.8) is 0 Å². The van der Waals surface area contributed by atoms with Crippen LogP contribution >= 0.6 is 7.82 Å². The van der Waals surface area contributed by atoms with Gasteiger partial charge in [-0.25, -0.2) is 0 Å². The summed E-state index contributed by atoms with van der Waals surface area (Å²) in [6, 6.07) is -0.887. The predicted molar refractivity (Wildman–Crippen MR) is 408 cm³/mol. The molecule has 0 rings (SSSR count). The summed E-state index contributed by atoms with van der Waals surface area (Å²) >= 11 is 0. The number of likely N-dealkylation sites (N-methyl/N-ethyl adjacent to an activating group) is 1. The molecular weight excluding hydrogens is 1160 g/mol. The number of quaternary nitrogens is 1. The van der Waals surface area contributed by atoms with Crippen LogP contribution < -0.4 is 10.2 Å². The van der Waals surface area contributed by atoms with E-state index in [1.54, 1.807) is 6.08 Å². The Kier molecular flexibility index (Phi) is 73.4. The second-order valence-electron chi connectivity index (χ2n) is 29.8. The highest BCUT2D eigenvalue weighted by Crippen LogP contribution is 2.38. The average molecular weight is 1330 g/mol. The van der Waals surface area contributed by atoms with E-state index in [0.29, 0.717) is 17.4 Å². The molecule has 0 aliphatic rings. The number of hydrogen-bond acceptors (Lipinski definition) is 6. The summed E-state index contributed by atoms with van der Waals surface area (Å²) in [6.45, 7) is 4.71. The normalized spacial score (nSPS) is 13.7. The molecule has 0 fully saturated rings. The minimum Gasteiger partial charge on any atom is -0.756 e. The number of nitrogens with zero attached hydrogens (tertiary/aromatic N) is 1. The lowest BCUT2D eigenvalue weighted by Gasteiger charge is -2.29. The number of hydrogen-bond donors (Lipinski definition) is 2. The van der Waals surface area contributed by atoms with Gasteiger partial charge in [0.1, 0.15) is 13.2 Å². The minimum absolute atomic E-state index is 0.00136. The van der Waals surface area contributed by atoms with Gasteiger partial charge in [0.25, 0.3) is 7.82 Å². The Morgan fingerprint density at radius 2 is 0.624 bits per heavy atom. The topological polar surface area (TPSA) is 108 Å². The molecular formula is C84H163N2O6P. The van der Waals surface area contributed by atoms with E-state index in [1.807, 2.05) is 27.2 Å². The molecule has 0 saturated carbocycles. The van der Waals surface area contributed by atoms with Crippen LogP contribution in [0.3, 0.4) is 0 Å². The van der Waals surface area contributed by atoms with Gasteiger partial charge in [0.05, 0.1) is 39.9 Å². The number of rotatable bonds is 78. The van der Waals surface area contributed by atoms with Crippen LogP contribution in [0.4, 0.5) is 0 Å². The molecule has 1 amide bonds. The van der Waals surface area contributed by atoms with Crippen molar-refractivity contribution in [2.45, 2.75) is 443 Å². The Bertz CT molecular complexity index is 1660. The van der Waals surface area contributed by atoms with Crippen LogP contribution in [0.25, 0.3) is 0 Å². The molecule has 0 heterocycles. The number of unbranched alkanes of at least 4 members (excludes halogenated alkanes) is 59. The molecule has 0 spiro atoms. The Morgan fingerprint density at radius 1 is 0.376 bits per heavy atom. The van der Waals surface area contributed by atoms with Gasteiger partial charge in [-0.3, -0.25) is 9.36 Å². The number of phosphoric ester groups is 1. The second kappa shape index (κ2) is 74.7. The Balaban J connectivity index is 3.91. The summed E-state index contributed by atoms with van der Waals surface area (Å²) < 4.78 is 23.5. The van der Waals surface area contributed by atoms with Crippen LogP contribution in [-0.2, 0) is 18.4 Å². The number of phosphoric acid groups is 1. The molecule has 0 saturated heterocycles. The highest BCUT2D eigenvalue weighted by Gasteiger charge is 2.23. The van der Waals surface area contributed by atoms with Crippen molar-refractivity contribution in [1.29, 1.82) is 0 Å². The third-order valence-corrected chi connectivity index (χ3v) is 20.2.